The van der Waals surface area contributed by atoms with Gasteiger partial charge in [0, 0.05) is 0 Å². The lowest BCUT2D eigenvalue weighted by Crippen LogP contribution is -2.30. The van der Waals surface area contributed by atoms with Crippen molar-refractivity contribution in [2.75, 3.05) is 19.7 Å². The highest BCUT2D eigenvalue weighted by atomic mass is 16.5. The van der Waals surface area contributed by atoms with Crippen LogP contribution in [0.3, 0.4) is 0 Å². The summed E-state index contributed by atoms with van der Waals surface area (Å²) in [4.78, 5) is 0. The summed E-state index contributed by atoms with van der Waals surface area (Å²) in [5.41, 5.74) is 2.70. The fourth-order valence-corrected chi connectivity index (χ4v) is 3.15. The van der Waals surface area contributed by atoms with Gasteiger partial charge in [0.05, 0.1) is 6.61 Å². The van der Waals surface area contributed by atoms with Crippen LogP contribution in [-0.4, -0.2) is 19.7 Å². The van der Waals surface area contributed by atoms with Gasteiger partial charge < -0.3 is 10.1 Å². The summed E-state index contributed by atoms with van der Waals surface area (Å²) in [7, 11) is 0. The fourth-order valence-electron chi connectivity index (χ4n) is 3.15. The third-order valence-electron chi connectivity index (χ3n) is 4.49. The van der Waals surface area contributed by atoms with Crippen LogP contribution in [0.1, 0.15) is 69.9 Å². The highest BCUT2D eigenvalue weighted by Gasteiger charge is 2.17. The molecule has 0 amide bonds. The second-order valence-corrected chi connectivity index (χ2v) is 6.92. The highest BCUT2D eigenvalue weighted by Crippen LogP contribution is 2.34. The van der Waals surface area contributed by atoms with Gasteiger partial charge in [-0.3, -0.25) is 0 Å². The Bertz CT molecular complexity index is 407. The molecule has 0 spiro atoms. The summed E-state index contributed by atoms with van der Waals surface area (Å²) in [6, 6.07) is 6.60. The average Bonchev–Trinajstić information content (AvgIpc) is 2.48. The lowest BCUT2D eigenvalue weighted by atomic mass is 9.93. The Balaban J connectivity index is 2.02. The SMILES string of the molecule is CC(C)c1cccc(C(C)C)c1OCCC1CCCNC1. The van der Waals surface area contributed by atoms with Crippen LogP contribution in [0.5, 0.6) is 5.75 Å². The fraction of sp³-hybridized carbons (Fsp3) is 0.684. The minimum Gasteiger partial charge on any atom is -0.493 e. The molecule has 2 nitrogen and oxygen atoms in total. The Morgan fingerprint density at radius 3 is 2.33 bits per heavy atom. The Morgan fingerprint density at radius 2 is 1.81 bits per heavy atom. The van der Waals surface area contributed by atoms with Crippen molar-refractivity contribution in [3.63, 3.8) is 0 Å². The van der Waals surface area contributed by atoms with E-state index in [-0.39, 0.29) is 0 Å². The van der Waals surface area contributed by atoms with Gasteiger partial charge in [0.15, 0.2) is 0 Å². The minimum atomic E-state index is 0.509. The first-order valence-electron chi connectivity index (χ1n) is 8.56. The molecule has 1 fully saturated rings. The topological polar surface area (TPSA) is 21.3 Å². The van der Waals surface area contributed by atoms with E-state index in [4.69, 9.17) is 4.74 Å². The van der Waals surface area contributed by atoms with Gasteiger partial charge in [0.1, 0.15) is 5.75 Å². The zero-order valence-electron chi connectivity index (χ0n) is 14.1. The molecule has 0 aliphatic carbocycles. The molecule has 1 aliphatic rings. The third-order valence-corrected chi connectivity index (χ3v) is 4.49. The van der Waals surface area contributed by atoms with Crippen molar-refractivity contribution < 1.29 is 4.74 Å². The normalized spacial score (nSPS) is 19.2. The number of hydrogen-bond donors (Lipinski definition) is 1. The molecule has 1 aliphatic heterocycles. The molecule has 2 rings (SSSR count). The van der Waals surface area contributed by atoms with Gasteiger partial charge in [-0.15, -0.1) is 0 Å². The Labute approximate surface area is 130 Å². The highest BCUT2D eigenvalue weighted by molar-refractivity contribution is 5.44. The second-order valence-electron chi connectivity index (χ2n) is 6.92. The lowest BCUT2D eigenvalue weighted by Gasteiger charge is -2.24. The third kappa shape index (κ3) is 4.47. The predicted molar refractivity (Wildman–Crippen MR) is 90.3 cm³/mol. The quantitative estimate of drug-likeness (QED) is 0.819. The molecule has 1 atom stereocenters. The molecule has 0 bridgehead atoms. The number of ether oxygens (including phenoxy) is 1. The van der Waals surface area contributed by atoms with Crippen LogP contribution in [0, 0.1) is 5.92 Å². The van der Waals surface area contributed by atoms with Gasteiger partial charge in [0.2, 0.25) is 0 Å². The minimum absolute atomic E-state index is 0.509. The molecule has 21 heavy (non-hydrogen) atoms. The van der Waals surface area contributed by atoms with Gasteiger partial charge in [-0.2, -0.15) is 0 Å². The maximum atomic E-state index is 6.27. The summed E-state index contributed by atoms with van der Waals surface area (Å²) < 4.78 is 6.27. The molecule has 1 unspecified atom stereocenters. The summed E-state index contributed by atoms with van der Waals surface area (Å²) in [6.07, 6.45) is 3.82. The van der Waals surface area contributed by atoms with E-state index >= 15 is 0 Å². The molecular formula is C19H31NO. The number of para-hydroxylation sites is 1. The summed E-state index contributed by atoms with van der Waals surface area (Å²) in [5.74, 6) is 2.95. The van der Waals surface area contributed by atoms with Crippen LogP contribution in [0.4, 0.5) is 0 Å². The van der Waals surface area contributed by atoms with Crippen molar-refractivity contribution in [3.8, 4) is 5.75 Å². The van der Waals surface area contributed by atoms with Crippen LogP contribution in [0.15, 0.2) is 18.2 Å². The smallest absolute Gasteiger partial charge is 0.126 e. The molecule has 118 valence electrons. The zero-order chi connectivity index (χ0) is 15.2. The molecule has 0 aromatic heterocycles. The summed E-state index contributed by atoms with van der Waals surface area (Å²) >= 11 is 0. The number of piperidine rings is 1. The molecule has 1 N–H and O–H groups in total. The Morgan fingerprint density at radius 1 is 1.14 bits per heavy atom. The molecule has 1 heterocycles. The van der Waals surface area contributed by atoms with Crippen molar-refractivity contribution in [2.45, 2.75) is 58.8 Å². The van der Waals surface area contributed by atoms with Crippen LogP contribution in [0.2, 0.25) is 0 Å². The molecule has 1 aromatic carbocycles. The Kier molecular flexibility index (Phi) is 6.10. The second kappa shape index (κ2) is 7.84. The van der Waals surface area contributed by atoms with E-state index in [1.807, 2.05) is 0 Å². The predicted octanol–water partition coefficient (Wildman–Crippen LogP) is 4.70. The first-order chi connectivity index (χ1) is 10.1. The molecule has 2 heteroatoms. The summed E-state index contributed by atoms with van der Waals surface area (Å²) in [6.45, 7) is 12.2. The molecule has 0 saturated carbocycles. The van der Waals surface area contributed by atoms with Gasteiger partial charge in [-0.25, -0.2) is 0 Å². The van der Waals surface area contributed by atoms with Crippen molar-refractivity contribution in [1.29, 1.82) is 0 Å². The van der Waals surface area contributed by atoms with Crippen molar-refractivity contribution in [1.82, 2.24) is 5.32 Å². The van der Waals surface area contributed by atoms with Crippen molar-refractivity contribution in [2.24, 2.45) is 5.92 Å². The van der Waals surface area contributed by atoms with Crippen molar-refractivity contribution in [3.05, 3.63) is 29.3 Å². The number of nitrogens with one attached hydrogen (secondary N) is 1. The number of rotatable bonds is 6. The van der Waals surface area contributed by atoms with Gasteiger partial charge in [0.25, 0.3) is 0 Å². The van der Waals surface area contributed by atoms with Crippen LogP contribution >= 0.6 is 0 Å². The van der Waals surface area contributed by atoms with Crippen molar-refractivity contribution >= 4 is 0 Å². The Hall–Kier alpha value is -1.02. The van der Waals surface area contributed by atoms with E-state index in [1.54, 1.807) is 0 Å². The van der Waals surface area contributed by atoms with E-state index in [9.17, 15) is 0 Å². The first-order valence-corrected chi connectivity index (χ1v) is 8.56. The first kappa shape index (κ1) is 16.4. The zero-order valence-corrected chi connectivity index (χ0v) is 14.1. The lowest BCUT2D eigenvalue weighted by molar-refractivity contribution is 0.249. The molecular weight excluding hydrogens is 258 g/mol. The number of hydrogen-bond acceptors (Lipinski definition) is 2. The van der Waals surface area contributed by atoms with E-state index in [2.05, 4.69) is 51.2 Å². The van der Waals surface area contributed by atoms with Crippen LogP contribution in [0.25, 0.3) is 0 Å². The number of benzene rings is 1. The monoisotopic (exact) mass is 289 g/mol. The largest absolute Gasteiger partial charge is 0.493 e. The standard InChI is InChI=1S/C19H31NO/c1-14(2)17-8-5-9-18(15(3)4)19(17)21-12-10-16-7-6-11-20-13-16/h5,8-9,14-16,20H,6-7,10-13H2,1-4H3. The van der Waals surface area contributed by atoms with Gasteiger partial charge in [-0.05, 0) is 61.2 Å². The molecule has 1 saturated heterocycles. The molecule has 0 radical (unpaired) electrons. The molecule has 1 aromatic rings. The van der Waals surface area contributed by atoms with E-state index in [0.717, 1.165) is 31.2 Å². The average molecular weight is 289 g/mol. The van der Waals surface area contributed by atoms with Crippen LogP contribution in [-0.2, 0) is 0 Å². The van der Waals surface area contributed by atoms with Crippen LogP contribution < -0.4 is 10.1 Å². The van der Waals surface area contributed by atoms with E-state index < -0.39 is 0 Å². The van der Waals surface area contributed by atoms with Gasteiger partial charge in [-0.1, -0.05) is 45.9 Å². The van der Waals surface area contributed by atoms with E-state index in [1.165, 1.54) is 30.5 Å². The maximum Gasteiger partial charge on any atom is 0.126 e. The summed E-state index contributed by atoms with van der Waals surface area (Å²) in [5, 5.41) is 3.49. The maximum absolute atomic E-state index is 6.27. The van der Waals surface area contributed by atoms with Gasteiger partial charge >= 0.3 is 0 Å². The van der Waals surface area contributed by atoms with E-state index in [0.29, 0.717) is 11.8 Å².